The zero-order valence-corrected chi connectivity index (χ0v) is 19.0. The number of anilines is 1. The van der Waals surface area contributed by atoms with Crippen molar-refractivity contribution < 1.29 is 4.79 Å². The molecule has 158 valence electrons. The van der Waals surface area contributed by atoms with Crippen LogP contribution >= 0.6 is 11.3 Å². The van der Waals surface area contributed by atoms with Gasteiger partial charge in [0.15, 0.2) is 0 Å². The lowest BCUT2D eigenvalue weighted by atomic mass is 9.95. The monoisotopic (exact) mass is 422 g/mol. The molecular formula is C24H30N4OS. The predicted octanol–water partition coefficient (Wildman–Crippen LogP) is 4.49. The maximum atomic E-state index is 13.0. The van der Waals surface area contributed by atoms with E-state index >= 15 is 0 Å². The van der Waals surface area contributed by atoms with Crippen LogP contribution in [0.25, 0.3) is 10.1 Å². The predicted molar refractivity (Wildman–Crippen MR) is 126 cm³/mol. The number of pyridine rings is 1. The van der Waals surface area contributed by atoms with E-state index in [0.29, 0.717) is 5.92 Å². The van der Waals surface area contributed by atoms with Gasteiger partial charge >= 0.3 is 0 Å². The van der Waals surface area contributed by atoms with Crippen LogP contribution in [-0.2, 0) is 6.54 Å². The first-order valence-electron chi connectivity index (χ1n) is 10.6. The van der Waals surface area contributed by atoms with Crippen LogP contribution in [0.2, 0.25) is 0 Å². The number of fused-ring (bicyclic) bond motifs is 1. The number of thiophene rings is 1. The molecule has 3 aromatic rings. The van der Waals surface area contributed by atoms with Gasteiger partial charge in [0.1, 0.15) is 5.82 Å². The molecule has 5 nitrogen and oxygen atoms in total. The van der Waals surface area contributed by atoms with E-state index in [4.69, 9.17) is 0 Å². The summed E-state index contributed by atoms with van der Waals surface area (Å²) < 4.78 is 1.20. The molecule has 1 aromatic carbocycles. The van der Waals surface area contributed by atoms with Gasteiger partial charge in [0.05, 0.1) is 4.88 Å². The van der Waals surface area contributed by atoms with Gasteiger partial charge in [-0.2, -0.15) is 0 Å². The first-order chi connectivity index (χ1) is 14.4. The number of nitrogens with one attached hydrogen (secondary N) is 1. The van der Waals surface area contributed by atoms with Crippen molar-refractivity contribution in [3.63, 3.8) is 0 Å². The lowest BCUT2D eigenvalue weighted by Crippen LogP contribution is -2.30. The van der Waals surface area contributed by atoms with Crippen molar-refractivity contribution in [3.8, 4) is 0 Å². The molecule has 6 heteroatoms. The molecule has 2 aromatic heterocycles. The van der Waals surface area contributed by atoms with Gasteiger partial charge < -0.3 is 10.2 Å². The molecule has 0 aliphatic carbocycles. The Morgan fingerprint density at radius 2 is 2.07 bits per heavy atom. The average molecular weight is 423 g/mol. The minimum absolute atomic E-state index is 0.0572. The van der Waals surface area contributed by atoms with Gasteiger partial charge in [-0.3, -0.25) is 9.69 Å². The minimum Gasteiger partial charge on any atom is -0.362 e. The van der Waals surface area contributed by atoms with E-state index in [-0.39, 0.29) is 11.9 Å². The summed E-state index contributed by atoms with van der Waals surface area (Å²) in [6.45, 7) is 6.90. The second-order valence-electron chi connectivity index (χ2n) is 8.57. The molecule has 1 saturated heterocycles. The number of carbonyl (C=O) groups is 1. The minimum atomic E-state index is 0.0572. The fraction of sp³-hybridized carbons (Fsp3) is 0.417. The lowest BCUT2D eigenvalue weighted by molar-refractivity contribution is 0.0946. The smallest absolute Gasteiger partial charge is 0.261 e. The normalized spacial score (nSPS) is 17.0. The zero-order chi connectivity index (χ0) is 21.3. The number of hydrogen-bond donors (Lipinski definition) is 1. The fourth-order valence-corrected chi connectivity index (χ4v) is 5.57. The van der Waals surface area contributed by atoms with E-state index in [1.165, 1.54) is 21.2 Å². The molecule has 0 saturated carbocycles. The Hall–Kier alpha value is -2.44. The molecule has 0 unspecified atom stereocenters. The van der Waals surface area contributed by atoms with Crippen molar-refractivity contribution in [1.82, 2.24) is 15.2 Å². The largest absolute Gasteiger partial charge is 0.362 e. The van der Waals surface area contributed by atoms with Gasteiger partial charge in [-0.25, -0.2) is 4.98 Å². The number of rotatable bonds is 6. The first kappa shape index (κ1) is 20.8. The van der Waals surface area contributed by atoms with Crippen molar-refractivity contribution >= 4 is 33.1 Å². The van der Waals surface area contributed by atoms with Gasteiger partial charge in [-0.1, -0.05) is 24.3 Å². The van der Waals surface area contributed by atoms with E-state index in [0.717, 1.165) is 36.8 Å². The standard InChI is InChI=1S/C24H30N4OS/c1-16(2)26-24(29)22-21(19-9-5-6-10-20(19)30-22)17-11-13-28(14-17)15-18-8-7-12-25-23(18)27(3)4/h5-10,12,16-17H,11,13-15H2,1-4H3,(H,26,29)/t17-/m1/s1. The summed E-state index contributed by atoms with van der Waals surface area (Å²) in [4.78, 5) is 23.0. The topological polar surface area (TPSA) is 48.5 Å². The lowest BCUT2D eigenvalue weighted by Gasteiger charge is -2.21. The highest BCUT2D eigenvalue weighted by Crippen LogP contribution is 2.40. The highest BCUT2D eigenvalue weighted by Gasteiger charge is 2.31. The summed E-state index contributed by atoms with van der Waals surface area (Å²) in [5, 5.41) is 4.33. The molecule has 0 bridgehead atoms. The third kappa shape index (κ3) is 4.20. The molecule has 1 aliphatic rings. The summed E-state index contributed by atoms with van der Waals surface area (Å²) in [6.07, 6.45) is 2.92. The number of benzene rings is 1. The van der Waals surface area contributed by atoms with Crippen molar-refractivity contribution in [2.45, 2.75) is 38.8 Å². The maximum Gasteiger partial charge on any atom is 0.261 e. The Labute approximate surface area is 182 Å². The van der Waals surface area contributed by atoms with Crippen LogP contribution in [-0.4, -0.2) is 49.0 Å². The van der Waals surface area contributed by atoms with Crippen LogP contribution in [0.4, 0.5) is 5.82 Å². The summed E-state index contributed by atoms with van der Waals surface area (Å²) in [7, 11) is 4.07. The van der Waals surface area contributed by atoms with Crippen LogP contribution < -0.4 is 10.2 Å². The second-order valence-corrected chi connectivity index (χ2v) is 9.62. The molecule has 1 amide bonds. The third-order valence-electron chi connectivity index (χ3n) is 5.63. The average Bonchev–Trinajstić information content (AvgIpc) is 3.31. The maximum absolute atomic E-state index is 13.0. The summed E-state index contributed by atoms with van der Waals surface area (Å²) in [6, 6.07) is 12.7. The SMILES string of the molecule is CC(C)NC(=O)c1sc2ccccc2c1[C@@H]1CCN(Cc2cccnc2N(C)C)C1. The highest BCUT2D eigenvalue weighted by molar-refractivity contribution is 7.21. The van der Waals surface area contributed by atoms with Gasteiger partial charge in [-0.15, -0.1) is 11.3 Å². The van der Waals surface area contributed by atoms with Crippen LogP contribution in [0, 0.1) is 0 Å². The van der Waals surface area contributed by atoms with Gasteiger partial charge in [-0.05, 0) is 49.9 Å². The number of nitrogens with zero attached hydrogens (tertiary/aromatic N) is 3. The quantitative estimate of drug-likeness (QED) is 0.636. The molecule has 30 heavy (non-hydrogen) atoms. The highest BCUT2D eigenvalue weighted by atomic mass is 32.1. The van der Waals surface area contributed by atoms with Crippen molar-refractivity contribution in [3.05, 3.63) is 58.6 Å². The third-order valence-corrected chi connectivity index (χ3v) is 6.81. The van der Waals surface area contributed by atoms with E-state index in [9.17, 15) is 4.79 Å². The molecule has 4 rings (SSSR count). The number of likely N-dealkylation sites (tertiary alicyclic amines) is 1. The zero-order valence-electron chi connectivity index (χ0n) is 18.2. The number of amides is 1. The van der Waals surface area contributed by atoms with Gasteiger partial charge in [0.2, 0.25) is 0 Å². The molecule has 1 atom stereocenters. The van der Waals surface area contributed by atoms with Crippen LogP contribution in [0.5, 0.6) is 0 Å². The first-order valence-corrected chi connectivity index (χ1v) is 11.4. The van der Waals surface area contributed by atoms with Gasteiger partial charge in [0, 0.05) is 55.6 Å². The summed E-state index contributed by atoms with van der Waals surface area (Å²) in [5.74, 6) is 1.45. The summed E-state index contributed by atoms with van der Waals surface area (Å²) >= 11 is 1.63. The van der Waals surface area contributed by atoms with Crippen molar-refractivity contribution in [2.75, 3.05) is 32.1 Å². The molecule has 1 N–H and O–H groups in total. The van der Waals surface area contributed by atoms with Crippen molar-refractivity contribution in [2.24, 2.45) is 0 Å². The Morgan fingerprint density at radius 1 is 1.27 bits per heavy atom. The van der Waals surface area contributed by atoms with E-state index in [1.54, 1.807) is 11.3 Å². The molecular weight excluding hydrogens is 392 g/mol. The van der Waals surface area contributed by atoms with Crippen LogP contribution in [0.15, 0.2) is 42.6 Å². The molecule has 3 heterocycles. The molecule has 1 fully saturated rings. The molecule has 0 spiro atoms. The van der Waals surface area contributed by atoms with E-state index < -0.39 is 0 Å². The van der Waals surface area contributed by atoms with Crippen LogP contribution in [0.3, 0.4) is 0 Å². The number of hydrogen-bond acceptors (Lipinski definition) is 5. The Morgan fingerprint density at radius 3 is 2.83 bits per heavy atom. The Bertz CT molecular complexity index is 1040. The second kappa shape index (κ2) is 8.74. The van der Waals surface area contributed by atoms with Gasteiger partial charge in [0.25, 0.3) is 5.91 Å². The van der Waals surface area contributed by atoms with E-state index in [2.05, 4.69) is 50.4 Å². The Kier molecular flexibility index (Phi) is 6.06. The number of carbonyl (C=O) groups excluding carboxylic acids is 1. The molecule has 0 radical (unpaired) electrons. The van der Waals surface area contributed by atoms with E-state index in [1.807, 2.05) is 40.2 Å². The fourth-order valence-electron chi connectivity index (χ4n) is 4.38. The van der Waals surface area contributed by atoms with Crippen LogP contribution in [0.1, 0.15) is 47.0 Å². The summed E-state index contributed by atoms with van der Waals surface area (Å²) in [5.41, 5.74) is 2.48. The van der Waals surface area contributed by atoms with Crippen molar-refractivity contribution in [1.29, 1.82) is 0 Å². The molecule has 1 aliphatic heterocycles. The Balaban J connectivity index is 1.60. The number of aromatic nitrogens is 1.